The molecule has 144 valence electrons. The molecular weight excluding hydrogens is 377 g/mol. The zero-order chi connectivity index (χ0) is 19.7. The molecule has 0 spiro atoms. The lowest BCUT2D eigenvalue weighted by atomic mass is 9.95. The number of aryl methyl sites for hydroxylation is 1. The second kappa shape index (κ2) is 7.67. The lowest BCUT2D eigenvalue weighted by molar-refractivity contribution is -0.121. The first-order chi connectivity index (χ1) is 13.5. The third-order valence-corrected chi connectivity index (χ3v) is 5.94. The Labute approximate surface area is 166 Å². The first-order valence-corrected chi connectivity index (χ1v) is 10.0. The van der Waals surface area contributed by atoms with Crippen molar-refractivity contribution in [2.75, 3.05) is 18.4 Å². The predicted octanol–water partition coefficient (Wildman–Crippen LogP) is 4.23. The summed E-state index contributed by atoms with van der Waals surface area (Å²) in [6.45, 7) is 2.99. The molecule has 0 saturated carbocycles. The van der Waals surface area contributed by atoms with Crippen molar-refractivity contribution in [3.8, 4) is 0 Å². The summed E-state index contributed by atoms with van der Waals surface area (Å²) in [4.78, 5) is 31.3. The van der Waals surface area contributed by atoms with Gasteiger partial charge in [-0.05, 0) is 62.2 Å². The van der Waals surface area contributed by atoms with Gasteiger partial charge in [0.05, 0.1) is 15.2 Å². The fraction of sp³-hybridized carbons (Fsp3) is 0.286. The summed E-state index contributed by atoms with van der Waals surface area (Å²) in [5, 5.41) is 3.99. The zero-order valence-electron chi connectivity index (χ0n) is 15.4. The van der Waals surface area contributed by atoms with Crippen LogP contribution in [-0.4, -0.2) is 34.8 Å². The molecule has 0 bridgehead atoms. The van der Waals surface area contributed by atoms with E-state index in [4.69, 9.17) is 0 Å². The minimum absolute atomic E-state index is 0.0190. The normalized spacial score (nSPS) is 15.0. The number of piperidine rings is 1. The highest BCUT2D eigenvalue weighted by Gasteiger charge is 2.28. The number of anilines is 1. The Hall–Kier alpha value is -2.80. The fourth-order valence-corrected chi connectivity index (χ4v) is 4.35. The minimum Gasteiger partial charge on any atom is -0.339 e. The molecule has 3 aromatic rings. The maximum absolute atomic E-state index is 13.0. The minimum atomic E-state index is -0.362. The molecule has 0 unspecified atom stereocenters. The number of carbonyl (C=O) groups is 2. The summed E-state index contributed by atoms with van der Waals surface area (Å²) in [5.74, 6) is -0.630. The Kier molecular flexibility index (Phi) is 5.09. The molecule has 5 nitrogen and oxygen atoms in total. The first kappa shape index (κ1) is 18.6. The van der Waals surface area contributed by atoms with E-state index in [9.17, 15) is 14.0 Å². The van der Waals surface area contributed by atoms with Gasteiger partial charge in [-0.2, -0.15) is 0 Å². The SMILES string of the molecule is Cc1nc2ccc(NC(=O)C3CCN(C(=O)c4ccc(F)cc4)CC3)cc2s1. The Bertz CT molecular complexity index is 1020. The van der Waals surface area contributed by atoms with Gasteiger partial charge in [0.25, 0.3) is 5.91 Å². The number of halogens is 1. The van der Waals surface area contributed by atoms with Crippen LogP contribution in [0.2, 0.25) is 0 Å². The number of thiazole rings is 1. The van der Waals surface area contributed by atoms with E-state index in [1.165, 1.54) is 24.3 Å². The first-order valence-electron chi connectivity index (χ1n) is 9.22. The van der Waals surface area contributed by atoms with Gasteiger partial charge in [0.15, 0.2) is 0 Å². The van der Waals surface area contributed by atoms with E-state index in [-0.39, 0.29) is 23.5 Å². The number of fused-ring (bicyclic) bond motifs is 1. The van der Waals surface area contributed by atoms with Crippen molar-refractivity contribution >= 4 is 39.1 Å². The van der Waals surface area contributed by atoms with Crippen LogP contribution in [0.3, 0.4) is 0 Å². The van der Waals surface area contributed by atoms with Gasteiger partial charge < -0.3 is 10.2 Å². The van der Waals surface area contributed by atoms with Crippen LogP contribution < -0.4 is 5.32 Å². The van der Waals surface area contributed by atoms with E-state index in [1.54, 1.807) is 16.2 Å². The number of carbonyl (C=O) groups excluding carboxylic acids is 2. The maximum atomic E-state index is 13.0. The smallest absolute Gasteiger partial charge is 0.253 e. The summed E-state index contributed by atoms with van der Waals surface area (Å²) in [6.07, 6.45) is 1.22. The number of nitrogens with zero attached hydrogens (tertiary/aromatic N) is 2. The molecule has 1 aliphatic rings. The number of aromatic nitrogens is 1. The van der Waals surface area contributed by atoms with E-state index in [1.807, 2.05) is 25.1 Å². The summed E-state index contributed by atoms with van der Waals surface area (Å²) in [7, 11) is 0. The highest BCUT2D eigenvalue weighted by atomic mass is 32.1. The van der Waals surface area contributed by atoms with Crippen LogP contribution in [-0.2, 0) is 4.79 Å². The third kappa shape index (κ3) is 3.89. The van der Waals surface area contributed by atoms with Gasteiger partial charge in [-0.1, -0.05) is 0 Å². The number of hydrogen-bond donors (Lipinski definition) is 1. The molecule has 0 aliphatic carbocycles. The van der Waals surface area contributed by atoms with Gasteiger partial charge in [-0.3, -0.25) is 9.59 Å². The Morgan fingerprint density at radius 3 is 2.57 bits per heavy atom. The number of nitrogens with one attached hydrogen (secondary N) is 1. The molecule has 7 heteroatoms. The van der Waals surface area contributed by atoms with Crippen LogP contribution in [0.25, 0.3) is 10.2 Å². The van der Waals surface area contributed by atoms with E-state index in [0.717, 1.165) is 20.9 Å². The van der Waals surface area contributed by atoms with Crippen LogP contribution >= 0.6 is 11.3 Å². The van der Waals surface area contributed by atoms with E-state index in [2.05, 4.69) is 10.3 Å². The monoisotopic (exact) mass is 397 g/mol. The molecule has 2 amide bonds. The van der Waals surface area contributed by atoms with Crippen LogP contribution in [0, 0.1) is 18.7 Å². The Morgan fingerprint density at radius 1 is 1.14 bits per heavy atom. The second-order valence-corrected chi connectivity index (χ2v) is 8.21. The van der Waals surface area contributed by atoms with Crippen molar-refractivity contribution in [1.82, 2.24) is 9.88 Å². The van der Waals surface area contributed by atoms with Gasteiger partial charge >= 0.3 is 0 Å². The molecule has 0 radical (unpaired) electrons. The molecule has 28 heavy (non-hydrogen) atoms. The highest BCUT2D eigenvalue weighted by Crippen LogP contribution is 2.26. The lowest BCUT2D eigenvalue weighted by Gasteiger charge is -2.31. The molecule has 1 aromatic heterocycles. The number of amides is 2. The van der Waals surface area contributed by atoms with Crippen molar-refractivity contribution < 1.29 is 14.0 Å². The molecule has 4 rings (SSSR count). The van der Waals surface area contributed by atoms with Gasteiger partial charge in [-0.15, -0.1) is 11.3 Å². The quantitative estimate of drug-likeness (QED) is 0.719. The zero-order valence-corrected chi connectivity index (χ0v) is 16.3. The number of likely N-dealkylation sites (tertiary alicyclic amines) is 1. The van der Waals surface area contributed by atoms with E-state index < -0.39 is 0 Å². The van der Waals surface area contributed by atoms with Crippen molar-refractivity contribution in [3.63, 3.8) is 0 Å². The standard InChI is InChI=1S/C21H20FN3O2S/c1-13-23-18-7-6-17(12-19(18)28-13)24-20(26)14-8-10-25(11-9-14)21(27)15-2-4-16(22)5-3-15/h2-7,12,14H,8-11H2,1H3,(H,24,26). The summed E-state index contributed by atoms with van der Waals surface area (Å²) < 4.78 is 14.1. The summed E-state index contributed by atoms with van der Waals surface area (Å²) in [5.41, 5.74) is 2.18. The third-order valence-electron chi connectivity index (χ3n) is 5.01. The summed E-state index contributed by atoms with van der Waals surface area (Å²) >= 11 is 1.60. The number of hydrogen-bond acceptors (Lipinski definition) is 4. The van der Waals surface area contributed by atoms with Crippen LogP contribution in [0.15, 0.2) is 42.5 Å². The van der Waals surface area contributed by atoms with Crippen molar-refractivity contribution in [3.05, 3.63) is 58.9 Å². The van der Waals surface area contributed by atoms with Crippen LogP contribution in [0.1, 0.15) is 28.2 Å². The van der Waals surface area contributed by atoms with Gasteiger partial charge in [0.2, 0.25) is 5.91 Å². The lowest BCUT2D eigenvalue weighted by Crippen LogP contribution is -2.41. The molecule has 1 N–H and O–H groups in total. The molecule has 1 aliphatic heterocycles. The van der Waals surface area contributed by atoms with Crippen molar-refractivity contribution in [1.29, 1.82) is 0 Å². The Balaban J connectivity index is 1.35. The number of benzene rings is 2. The average molecular weight is 397 g/mol. The van der Waals surface area contributed by atoms with Crippen LogP contribution in [0.5, 0.6) is 0 Å². The molecule has 2 aromatic carbocycles. The van der Waals surface area contributed by atoms with Crippen molar-refractivity contribution in [2.45, 2.75) is 19.8 Å². The topological polar surface area (TPSA) is 62.3 Å². The van der Waals surface area contributed by atoms with E-state index >= 15 is 0 Å². The maximum Gasteiger partial charge on any atom is 0.253 e. The highest BCUT2D eigenvalue weighted by molar-refractivity contribution is 7.18. The molecule has 1 fully saturated rings. The largest absolute Gasteiger partial charge is 0.339 e. The van der Waals surface area contributed by atoms with Gasteiger partial charge in [-0.25, -0.2) is 9.37 Å². The Morgan fingerprint density at radius 2 is 1.86 bits per heavy atom. The van der Waals surface area contributed by atoms with Gasteiger partial charge in [0, 0.05) is 30.3 Å². The predicted molar refractivity (Wildman–Crippen MR) is 108 cm³/mol. The van der Waals surface area contributed by atoms with Crippen LogP contribution in [0.4, 0.5) is 10.1 Å². The summed E-state index contributed by atoms with van der Waals surface area (Å²) in [6, 6.07) is 11.3. The fourth-order valence-electron chi connectivity index (χ4n) is 3.48. The van der Waals surface area contributed by atoms with Crippen molar-refractivity contribution in [2.24, 2.45) is 5.92 Å². The molecule has 1 saturated heterocycles. The average Bonchev–Trinajstić information content (AvgIpc) is 3.07. The second-order valence-electron chi connectivity index (χ2n) is 6.98. The molecule has 0 atom stereocenters. The van der Waals surface area contributed by atoms with Gasteiger partial charge in [0.1, 0.15) is 5.82 Å². The number of rotatable bonds is 3. The molecular formula is C21H20FN3O2S. The molecule has 2 heterocycles. The van der Waals surface area contributed by atoms with E-state index in [0.29, 0.717) is 31.5 Å².